The molecule has 0 bridgehead atoms. The van der Waals surface area contributed by atoms with Gasteiger partial charge in [0.05, 0.1) is 46.1 Å². The van der Waals surface area contributed by atoms with Gasteiger partial charge in [0, 0.05) is 31.3 Å². The minimum Gasteiger partial charge on any atom is -0.478 e. The molecule has 2 amide bonds. The molecule has 0 aliphatic carbocycles. The van der Waals surface area contributed by atoms with E-state index in [2.05, 4.69) is 15.8 Å². The summed E-state index contributed by atoms with van der Waals surface area (Å²) in [4.78, 5) is 49.6. The van der Waals surface area contributed by atoms with Gasteiger partial charge in [0.15, 0.2) is 11.3 Å². The maximum absolute atomic E-state index is 14.3. The zero-order chi connectivity index (χ0) is 31.6. The van der Waals surface area contributed by atoms with Gasteiger partial charge < -0.3 is 25.2 Å². The fraction of sp³-hybridized carbons (Fsp3) is 0.172. The van der Waals surface area contributed by atoms with Gasteiger partial charge in [-0.2, -0.15) is 18.4 Å². The minimum absolute atomic E-state index is 0.0226. The van der Waals surface area contributed by atoms with Gasteiger partial charge in [0.25, 0.3) is 5.91 Å². The number of benzene rings is 3. The number of hydrogen-bond donors (Lipinski definition) is 3. The summed E-state index contributed by atoms with van der Waals surface area (Å²) < 4.78 is 48.3. The predicted molar refractivity (Wildman–Crippen MR) is 149 cm³/mol. The summed E-state index contributed by atoms with van der Waals surface area (Å²) in [6.45, 7) is 2.30. The third-order valence-corrected chi connectivity index (χ3v) is 6.42. The third-order valence-electron chi connectivity index (χ3n) is 6.42. The average Bonchev–Trinajstić information content (AvgIpc) is 3.37. The summed E-state index contributed by atoms with van der Waals surface area (Å²) in [5.41, 5.74) is -2.34. The number of ketones is 1. The van der Waals surface area contributed by atoms with E-state index in [0.29, 0.717) is 0 Å². The van der Waals surface area contributed by atoms with E-state index in [1.165, 1.54) is 57.3 Å². The molecule has 11 nitrogen and oxygen atoms in total. The number of anilines is 3. The largest absolute Gasteiger partial charge is 0.478 e. The Labute approximate surface area is 241 Å². The quantitative estimate of drug-likeness (QED) is 0.245. The van der Waals surface area contributed by atoms with Crippen LogP contribution >= 0.6 is 0 Å². The van der Waals surface area contributed by atoms with Crippen molar-refractivity contribution in [3.8, 4) is 17.2 Å². The number of aromatic nitrogens is 1. The van der Waals surface area contributed by atoms with E-state index in [9.17, 15) is 37.5 Å². The molecule has 0 unspecified atom stereocenters. The third kappa shape index (κ3) is 6.30. The number of rotatable bonds is 8. The number of nitrogens with zero attached hydrogens (tertiary/aromatic N) is 3. The molecule has 4 aromatic rings. The summed E-state index contributed by atoms with van der Waals surface area (Å²) >= 11 is 0. The Morgan fingerprint density at radius 1 is 1.05 bits per heavy atom. The summed E-state index contributed by atoms with van der Waals surface area (Å²) in [6.07, 6.45) is -4.86. The highest BCUT2D eigenvalue weighted by molar-refractivity contribution is 6.14. The highest BCUT2D eigenvalue weighted by Crippen LogP contribution is 2.43. The SMILES string of the molecule is CC(=O)CNc1ccc(-c2cc3c(C(=O)Nc4ccc(C#N)cc4C(=O)O)noc3cc2N(C)C(C)=O)c(C(F)(F)F)c1. The molecular formula is C29H22F3N5O6. The molecule has 0 atom stereocenters. The van der Waals surface area contributed by atoms with Gasteiger partial charge in [-0.05, 0) is 48.9 Å². The van der Waals surface area contributed by atoms with Gasteiger partial charge in [-0.25, -0.2) is 4.79 Å². The van der Waals surface area contributed by atoms with Crippen LogP contribution in [0.3, 0.4) is 0 Å². The molecule has 3 aromatic carbocycles. The highest BCUT2D eigenvalue weighted by Gasteiger charge is 2.35. The molecule has 220 valence electrons. The number of fused-ring (bicyclic) bond motifs is 1. The lowest BCUT2D eigenvalue weighted by Gasteiger charge is -2.22. The van der Waals surface area contributed by atoms with Crippen molar-refractivity contribution in [3.05, 3.63) is 70.9 Å². The molecule has 0 aliphatic heterocycles. The number of halogens is 3. The van der Waals surface area contributed by atoms with Crippen LogP contribution in [0.1, 0.15) is 45.8 Å². The normalized spacial score (nSPS) is 11.1. The molecule has 4 rings (SSSR count). The molecule has 0 saturated heterocycles. The number of nitrogens with one attached hydrogen (secondary N) is 2. The van der Waals surface area contributed by atoms with Crippen molar-refractivity contribution in [2.75, 3.05) is 29.1 Å². The van der Waals surface area contributed by atoms with Crippen molar-refractivity contribution in [1.29, 1.82) is 5.26 Å². The van der Waals surface area contributed by atoms with Crippen molar-refractivity contribution in [2.45, 2.75) is 20.0 Å². The topological polar surface area (TPSA) is 166 Å². The number of hydrogen-bond acceptors (Lipinski definition) is 8. The molecule has 14 heteroatoms. The van der Waals surface area contributed by atoms with E-state index < -0.39 is 29.5 Å². The molecule has 1 aromatic heterocycles. The first kappa shape index (κ1) is 30.3. The van der Waals surface area contributed by atoms with Crippen LogP contribution in [0.2, 0.25) is 0 Å². The molecule has 3 N–H and O–H groups in total. The summed E-state index contributed by atoms with van der Waals surface area (Å²) in [5, 5.41) is 27.3. The van der Waals surface area contributed by atoms with Crippen LogP contribution < -0.4 is 15.5 Å². The van der Waals surface area contributed by atoms with Gasteiger partial charge in [0.2, 0.25) is 5.91 Å². The number of carboxylic acid groups (broad SMARTS) is 1. The fourth-order valence-electron chi connectivity index (χ4n) is 4.23. The van der Waals surface area contributed by atoms with E-state index in [4.69, 9.17) is 9.78 Å². The molecule has 0 spiro atoms. The Balaban J connectivity index is 1.89. The highest BCUT2D eigenvalue weighted by atomic mass is 19.4. The van der Waals surface area contributed by atoms with E-state index in [-0.39, 0.29) is 68.3 Å². The number of aromatic carboxylic acids is 1. The lowest BCUT2D eigenvalue weighted by atomic mass is 9.95. The van der Waals surface area contributed by atoms with E-state index in [1.807, 2.05) is 0 Å². The van der Waals surface area contributed by atoms with Crippen LogP contribution in [0.25, 0.3) is 22.1 Å². The number of carbonyl (C=O) groups excluding carboxylic acids is 3. The second-order valence-electron chi connectivity index (χ2n) is 9.42. The molecule has 43 heavy (non-hydrogen) atoms. The molecular weight excluding hydrogens is 571 g/mol. The second-order valence-corrected chi connectivity index (χ2v) is 9.42. The number of Topliss-reactive ketones (excluding diaryl/α,β-unsaturated/α-hetero) is 1. The average molecular weight is 594 g/mol. The van der Waals surface area contributed by atoms with Gasteiger partial charge in [0.1, 0.15) is 5.78 Å². The van der Waals surface area contributed by atoms with Crippen LogP contribution in [0.15, 0.2) is 53.1 Å². The fourth-order valence-corrected chi connectivity index (χ4v) is 4.23. The first-order valence-corrected chi connectivity index (χ1v) is 12.4. The van der Waals surface area contributed by atoms with E-state index >= 15 is 0 Å². The molecule has 0 fully saturated rings. The molecule has 0 aliphatic rings. The van der Waals surface area contributed by atoms with Gasteiger partial charge in [-0.3, -0.25) is 14.4 Å². The summed E-state index contributed by atoms with van der Waals surface area (Å²) in [7, 11) is 1.35. The van der Waals surface area contributed by atoms with Crippen LogP contribution in [0.4, 0.5) is 30.2 Å². The lowest BCUT2D eigenvalue weighted by Crippen LogP contribution is -2.23. The monoisotopic (exact) mass is 593 g/mol. The Morgan fingerprint density at radius 2 is 1.77 bits per heavy atom. The number of carboxylic acids is 1. The van der Waals surface area contributed by atoms with Gasteiger partial charge in [-0.1, -0.05) is 11.2 Å². The van der Waals surface area contributed by atoms with Crippen LogP contribution in [-0.2, 0) is 15.8 Å². The Bertz CT molecular complexity index is 1840. The smallest absolute Gasteiger partial charge is 0.417 e. The summed E-state index contributed by atoms with van der Waals surface area (Å²) in [5.74, 6) is -3.15. The maximum atomic E-state index is 14.3. The molecule has 0 radical (unpaired) electrons. The zero-order valence-electron chi connectivity index (χ0n) is 22.8. The maximum Gasteiger partial charge on any atom is 0.417 e. The van der Waals surface area contributed by atoms with Crippen molar-refractivity contribution < 1.29 is 42.0 Å². The number of alkyl halides is 3. The van der Waals surface area contributed by atoms with Crippen molar-refractivity contribution in [2.24, 2.45) is 0 Å². The Hall–Kier alpha value is -5.71. The lowest BCUT2D eigenvalue weighted by molar-refractivity contribution is -0.137. The first-order chi connectivity index (χ1) is 20.2. The summed E-state index contributed by atoms with van der Waals surface area (Å²) in [6, 6.07) is 11.2. The van der Waals surface area contributed by atoms with E-state index in [1.54, 1.807) is 6.07 Å². The van der Waals surface area contributed by atoms with Crippen LogP contribution in [-0.4, -0.2) is 47.4 Å². The number of carbonyl (C=O) groups is 4. The Kier molecular flexibility index (Phi) is 8.20. The second kappa shape index (κ2) is 11.6. The van der Waals surface area contributed by atoms with Crippen molar-refractivity contribution in [3.63, 3.8) is 0 Å². The van der Waals surface area contributed by atoms with Crippen LogP contribution in [0, 0.1) is 11.3 Å². The van der Waals surface area contributed by atoms with Crippen molar-refractivity contribution >= 4 is 51.6 Å². The minimum atomic E-state index is -4.86. The van der Waals surface area contributed by atoms with Gasteiger partial charge in [-0.15, -0.1) is 0 Å². The number of amides is 2. The molecule has 0 saturated carbocycles. The van der Waals surface area contributed by atoms with Crippen LogP contribution in [0.5, 0.6) is 0 Å². The Morgan fingerprint density at radius 3 is 2.37 bits per heavy atom. The predicted octanol–water partition coefficient (Wildman–Crippen LogP) is 5.32. The molecule has 1 heterocycles. The number of nitriles is 1. The standard InChI is InChI=1S/C29H22F3N5O6/c1-14(38)13-34-17-5-6-18(22(9-17)29(30,31)32)19-10-21-25(11-24(19)37(3)15(2)39)43-36-26(21)27(40)35-23-7-4-16(12-33)8-20(23)28(41)42/h4-11,34H,13H2,1-3H3,(H,35,40)(H,41,42). The first-order valence-electron chi connectivity index (χ1n) is 12.4. The van der Waals surface area contributed by atoms with E-state index in [0.717, 1.165) is 17.0 Å². The van der Waals surface area contributed by atoms with Crippen molar-refractivity contribution in [1.82, 2.24) is 5.16 Å². The van der Waals surface area contributed by atoms with Gasteiger partial charge >= 0.3 is 12.1 Å². The zero-order valence-corrected chi connectivity index (χ0v) is 22.8.